The molecule has 0 amide bonds. The van der Waals surface area contributed by atoms with E-state index in [0.717, 1.165) is 11.4 Å². The van der Waals surface area contributed by atoms with Gasteiger partial charge in [-0.1, -0.05) is 6.07 Å². The summed E-state index contributed by atoms with van der Waals surface area (Å²) in [6, 6.07) is 9.22. The Bertz CT molecular complexity index is 474. The van der Waals surface area contributed by atoms with Gasteiger partial charge in [0.25, 0.3) is 0 Å². The Kier molecular flexibility index (Phi) is 4.16. The zero-order valence-electron chi connectivity index (χ0n) is 10.1. The van der Waals surface area contributed by atoms with Crippen LogP contribution in [0.25, 0.3) is 0 Å². The second kappa shape index (κ2) is 6.04. The number of nitrogens with zero attached hydrogens (tertiary/aromatic N) is 3. The average Bonchev–Trinajstić information content (AvgIpc) is 2.46. The van der Waals surface area contributed by atoms with Crippen molar-refractivity contribution in [2.45, 2.75) is 12.5 Å². The van der Waals surface area contributed by atoms with Crippen molar-refractivity contribution >= 4 is 0 Å². The summed E-state index contributed by atoms with van der Waals surface area (Å²) in [6.45, 7) is 0. The molecule has 2 heterocycles. The van der Waals surface area contributed by atoms with Crippen molar-refractivity contribution in [2.75, 3.05) is 7.11 Å². The molecule has 0 bridgehead atoms. The van der Waals surface area contributed by atoms with Crippen molar-refractivity contribution in [3.8, 4) is 5.88 Å². The van der Waals surface area contributed by atoms with Gasteiger partial charge in [-0.15, -0.1) is 5.10 Å². The van der Waals surface area contributed by atoms with Crippen LogP contribution in [0.1, 0.15) is 17.4 Å². The lowest BCUT2D eigenvalue weighted by Gasteiger charge is -2.14. The van der Waals surface area contributed by atoms with Gasteiger partial charge in [0, 0.05) is 24.4 Å². The number of hydrogen-bond donors (Lipinski definition) is 2. The molecular weight excluding hydrogens is 230 g/mol. The first-order valence-electron chi connectivity index (χ1n) is 5.57. The highest BCUT2D eigenvalue weighted by Gasteiger charge is 2.13. The van der Waals surface area contributed by atoms with E-state index in [9.17, 15) is 0 Å². The van der Waals surface area contributed by atoms with Crippen molar-refractivity contribution < 1.29 is 4.74 Å². The van der Waals surface area contributed by atoms with Gasteiger partial charge < -0.3 is 4.74 Å². The summed E-state index contributed by atoms with van der Waals surface area (Å²) in [5.41, 5.74) is 4.42. The fourth-order valence-electron chi connectivity index (χ4n) is 1.60. The topological polar surface area (TPSA) is 86.0 Å². The SMILES string of the molecule is COc1ccc(C(Cc2ccccn2)NN)nn1. The lowest BCUT2D eigenvalue weighted by molar-refractivity contribution is 0.389. The molecule has 2 aromatic rings. The molecule has 0 aliphatic heterocycles. The molecule has 0 spiro atoms. The summed E-state index contributed by atoms with van der Waals surface area (Å²) < 4.78 is 4.96. The van der Waals surface area contributed by atoms with Crippen LogP contribution in [0.15, 0.2) is 36.5 Å². The molecule has 2 aromatic heterocycles. The predicted molar refractivity (Wildman–Crippen MR) is 66.6 cm³/mol. The number of hydrogen-bond acceptors (Lipinski definition) is 6. The first kappa shape index (κ1) is 12.4. The quantitative estimate of drug-likeness (QED) is 0.593. The van der Waals surface area contributed by atoms with E-state index in [1.165, 1.54) is 0 Å². The van der Waals surface area contributed by atoms with E-state index in [1.807, 2.05) is 24.3 Å². The lowest BCUT2D eigenvalue weighted by atomic mass is 10.1. The number of hydrazine groups is 1. The fraction of sp³-hybridized carbons (Fsp3) is 0.250. The van der Waals surface area contributed by atoms with Crippen molar-refractivity contribution in [3.63, 3.8) is 0 Å². The molecule has 6 nitrogen and oxygen atoms in total. The van der Waals surface area contributed by atoms with Crippen LogP contribution in [0.3, 0.4) is 0 Å². The molecule has 3 N–H and O–H groups in total. The van der Waals surface area contributed by atoms with E-state index in [4.69, 9.17) is 10.6 Å². The minimum absolute atomic E-state index is 0.127. The largest absolute Gasteiger partial charge is 0.480 e. The van der Waals surface area contributed by atoms with Gasteiger partial charge in [0.15, 0.2) is 0 Å². The second-order valence-corrected chi connectivity index (χ2v) is 3.75. The normalized spacial score (nSPS) is 12.1. The predicted octanol–water partition coefficient (Wildman–Crippen LogP) is 0.627. The standard InChI is InChI=1S/C12H15N5O/c1-18-12-6-5-10(16-17-12)11(15-13)8-9-4-2-3-7-14-9/h2-7,11,15H,8,13H2,1H3. The molecular formula is C12H15N5O. The van der Waals surface area contributed by atoms with Gasteiger partial charge in [0.05, 0.1) is 18.8 Å². The Labute approximate surface area is 105 Å². The molecule has 6 heteroatoms. The maximum Gasteiger partial charge on any atom is 0.233 e. The average molecular weight is 245 g/mol. The fourth-order valence-corrected chi connectivity index (χ4v) is 1.60. The summed E-state index contributed by atoms with van der Waals surface area (Å²) in [4.78, 5) is 4.26. The summed E-state index contributed by atoms with van der Waals surface area (Å²) in [5, 5.41) is 7.99. The monoisotopic (exact) mass is 245 g/mol. The van der Waals surface area contributed by atoms with Crippen LogP contribution in [0, 0.1) is 0 Å². The number of nitrogens with one attached hydrogen (secondary N) is 1. The zero-order valence-corrected chi connectivity index (χ0v) is 10.1. The number of methoxy groups -OCH3 is 1. The number of rotatable bonds is 5. The number of nitrogens with two attached hydrogens (primary N) is 1. The van der Waals surface area contributed by atoms with Crippen LogP contribution in [-0.4, -0.2) is 22.3 Å². The van der Waals surface area contributed by atoms with Crippen molar-refractivity contribution in [1.29, 1.82) is 0 Å². The van der Waals surface area contributed by atoms with Crippen LogP contribution in [0.5, 0.6) is 5.88 Å². The number of ether oxygens (including phenoxy) is 1. The van der Waals surface area contributed by atoms with Crippen LogP contribution in [-0.2, 0) is 6.42 Å². The maximum absolute atomic E-state index is 5.55. The second-order valence-electron chi connectivity index (χ2n) is 3.75. The van der Waals surface area contributed by atoms with Crippen LogP contribution in [0.4, 0.5) is 0 Å². The first-order chi connectivity index (χ1) is 8.83. The van der Waals surface area contributed by atoms with E-state index >= 15 is 0 Å². The minimum atomic E-state index is -0.127. The highest BCUT2D eigenvalue weighted by molar-refractivity contribution is 5.16. The third-order valence-electron chi connectivity index (χ3n) is 2.57. The van der Waals surface area contributed by atoms with Crippen LogP contribution < -0.4 is 16.0 Å². The molecule has 2 rings (SSSR count). The molecule has 0 aliphatic rings. The van der Waals surface area contributed by atoms with E-state index in [1.54, 1.807) is 19.4 Å². The van der Waals surface area contributed by atoms with Gasteiger partial charge in [-0.3, -0.25) is 16.3 Å². The number of aromatic nitrogens is 3. The van der Waals surface area contributed by atoms with Gasteiger partial charge in [-0.25, -0.2) is 0 Å². The van der Waals surface area contributed by atoms with Crippen LogP contribution >= 0.6 is 0 Å². The molecule has 0 radical (unpaired) electrons. The summed E-state index contributed by atoms with van der Waals surface area (Å²) in [7, 11) is 1.55. The molecule has 18 heavy (non-hydrogen) atoms. The van der Waals surface area contributed by atoms with E-state index < -0.39 is 0 Å². The van der Waals surface area contributed by atoms with Crippen LogP contribution in [0.2, 0.25) is 0 Å². The molecule has 0 aliphatic carbocycles. The summed E-state index contributed by atoms with van der Waals surface area (Å²) >= 11 is 0. The summed E-state index contributed by atoms with van der Waals surface area (Å²) in [5.74, 6) is 6.03. The molecule has 0 saturated heterocycles. The Hall–Kier alpha value is -2.05. The van der Waals surface area contributed by atoms with Crippen molar-refractivity contribution in [3.05, 3.63) is 47.9 Å². The molecule has 94 valence electrons. The van der Waals surface area contributed by atoms with E-state index in [-0.39, 0.29) is 6.04 Å². The maximum atomic E-state index is 5.55. The minimum Gasteiger partial charge on any atom is -0.480 e. The molecule has 0 aromatic carbocycles. The summed E-state index contributed by atoms with van der Waals surface area (Å²) in [6.07, 6.45) is 2.40. The highest BCUT2D eigenvalue weighted by Crippen LogP contribution is 2.15. The van der Waals surface area contributed by atoms with Gasteiger partial charge in [-0.2, -0.15) is 5.10 Å². The zero-order chi connectivity index (χ0) is 12.8. The lowest BCUT2D eigenvalue weighted by Crippen LogP contribution is -2.30. The third-order valence-corrected chi connectivity index (χ3v) is 2.57. The Morgan fingerprint density at radius 1 is 1.28 bits per heavy atom. The Morgan fingerprint density at radius 2 is 2.17 bits per heavy atom. The Morgan fingerprint density at radius 3 is 2.72 bits per heavy atom. The highest BCUT2D eigenvalue weighted by atomic mass is 16.5. The van der Waals surface area contributed by atoms with Crippen molar-refractivity contribution in [2.24, 2.45) is 5.84 Å². The van der Waals surface area contributed by atoms with Gasteiger partial charge in [0.1, 0.15) is 0 Å². The smallest absolute Gasteiger partial charge is 0.233 e. The molecule has 0 saturated carbocycles. The molecule has 1 unspecified atom stereocenters. The number of pyridine rings is 1. The third kappa shape index (κ3) is 2.99. The van der Waals surface area contributed by atoms with E-state index in [0.29, 0.717) is 12.3 Å². The van der Waals surface area contributed by atoms with Gasteiger partial charge in [-0.05, 0) is 18.2 Å². The first-order valence-corrected chi connectivity index (χ1v) is 5.57. The van der Waals surface area contributed by atoms with Gasteiger partial charge >= 0.3 is 0 Å². The Balaban J connectivity index is 2.12. The van der Waals surface area contributed by atoms with Gasteiger partial charge in [0.2, 0.25) is 5.88 Å². The molecule has 0 fully saturated rings. The van der Waals surface area contributed by atoms with Crippen molar-refractivity contribution in [1.82, 2.24) is 20.6 Å². The van der Waals surface area contributed by atoms with E-state index in [2.05, 4.69) is 20.6 Å². The molecule has 1 atom stereocenters.